The molecule has 2 atom stereocenters. The Hall–Kier alpha value is -0.900. The molecule has 1 saturated heterocycles. The van der Waals surface area contributed by atoms with Crippen molar-refractivity contribution in [1.29, 1.82) is 0 Å². The van der Waals surface area contributed by atoms with Gasteiger partial charge in [0, 0.05) is 32.7 Å². The molecule has 1 N–H and O–H groups in total. The maximum Gasteiger partial charge on any atom is 0.106 e. The zero-order chi connectivity index (χ0) is 14.4. The van der Waals surface area contributed by atoms with Gasteiger partial charge in [-0.2, -0.15) is 0 Å². The Kier molecular flexibility index (Phi) is 5.58. The molecule has 1 aromatic carbocycles. The second-order valence-electron chi connectivity index (χ2n) is 5.78. The molecule has 0 aliphatic carbocycles. The van der Waals surface area contributed by atoms with Crippen molar-refractivity contribution in [1.82, 2.24) is 5.32 Å². The third-order valence-electron chi connectivity index (χ3n) is 4.25. The molecule has 2 unspecified atom stereocenters. The first kappa shape index (κ1) is 15.5. The molecule has 20 heavy (non-hydrogen) atoms. The minimum absolute atomic E-state index is 0.142. The summed E-state index contributed by atoms with van der Waals surface area (Å²) >= 11 is 0. The number of hydrogen-bond donors (Lipinski definition) is 1. The number of ether oxygens (including phenoxy) is 2. The number of benzene rings is 1. The van der Waals surface area contributed by atoms with E-state index in [1.165, 1.54) is 17.5 Å². The van der Waals surface area contributed by atoms with Crippen LogP contribution in [0.2, 0.25) is 0 Å². The van der Waals surface area contributed by atoms with Crippen LogP contribution in [0.3, 0.4) is 0 Å². The Bertz CT molecular complexity index is 396. The SMILES string of the molecule is CCCc1ccc(C(C)NCC2(OC)CCOC2)cc1. The lowest BCUT2D eigenvalue weighted by atomic mass is 10.0. The van der Waals surface area contributed by atoms with Gasteiger partial charge in [0.1, 0.15) is 5.60 Å². The first-order valence-corrected chi connectivity index (χ1v) is 7.64. The molecule has 0 spiro atoms. The summed E-state index contributed by atoms with van der Waals surface area (Å²) in [5.41, 5.74) is 2.60. The van der Waals surface area contributed by atoms with Gasteiger partial charge in [0.15, 0.2) is 0 Å². The van der Waals surface area contributed by atoms with E-state index in [1.54, 1.807) is 7.11 Å². The Morgan fingerprint density at radius 2 is 2.10 bits per heavy atom. The Labute approximate surface area is 122 Å². The van der Waals surface area contributed by atoms with E-state index in [0.717, 1.165) is 26.0 Å². The average Bonchev–Trinajstić information content (AvgIpc) is 2.95. The van der Waals surface area contributed by atoms with Crippen LogP contribution in [0.5, 0.6) is 0 Å². The highest BCUT2D eigenvalue weighted by Crippen LogP contribution is 2.23. The van der Waals surface area contributed by atoms with Gasteiger partial charge in [0.2, 0.25) is 0 Å². The van der Waals surface area contributed by atoms with Crippen LogP contribution in [0.1, 0.15) is 43.9 Å². The third-order valence-corrected chi connectivity index (χ3v) is 4.25. The summed E-state index contributed by atoms with van der Waals surface area (Å²) in [6.45, 7) is 6.75. The summed E-state index contributed by atoms with van der Waals surface area (Å²) in [5.74, 6) is 0. The van der Waals surface area contributed by atoms with Crippen molar-refractivity contribution in [3.8, 4) is 0 Å². The normalized spacial score (nSPS) is 23.9. The second-order valence-corrected chi connectivity index (χ2v) is 5.78. The first-order chi connectivity index (χ1) is 9.69. The van der Waals surface area contributed by atoms with Crippen LogP contribution in [0.15, 0.2) is 24.3 Å². The third kappa shape index (κ3) is 3.81. The Morgan fingerprint density at radius 1 is 1.35 bits per heavy atom. The fourth-order valence-electron chi connectivity index (χ4n) is 2.68. The monoisotopic (exact) mass is 277 g/mol. The lowest BCUT2D eigenvalue weighted by Gasteiger charge is -2.28. The summed E-state index contributed by atoms with van der Waals surface area (Å²) in [5, 5.41) is 3.58. The maximum atomic E-state index is 5.65. The van der Waals surface area contributed by atoms with Gasteiger partial charge in [-0.25, -0.2) is 0 Å². The molecule has 0 radical (unpaired) electrons. The molecule has 3 heteroatoms. The lowest BCUT2D eigenvalue weighted by molar-refractivity contribution is -0.0172. The van der Waals surface area contributed by atoms with Gasteiger partial charge in [-0.1, -0.05) is 37.6 Å². The molecule has 1 aromatic rings. The highest BCUT2D eigenvalue weighted by molar-refractivity contribution is 5.24. The maximum absolute atomic E-state index is 5.65. The molecule has 3 nitrogen and oxygen atoms in total. The molecule has 0 amide bonds. The number of rotatable bonds is 7. The number of aryl methyl sites for hydroxylation is 1. The molecular formula is C17H27NO2. The summed E-state index contributed by atoms with van der Waals surface area (Å²) in [6, 6.07) is 9.27. The Balaban J connectivity index is 1.89. The van der Waals surface area contributed by atoms with E-state index in [1.807, 2.05) is 0 Å². The number of nitrogens with one attached hydrogen (secondary N) is 1. The highest BCUT2D eigenvalue weighted by atomic mass is 16.5. The van der Waals surface area contributed by atoms with Crippen LogP contribution in [-0.2, 0) is 15.9 Å². The van der Waals surface area contributed by atoms with Crippen molar-refractivity contribution in [2.24, 2.45) is 0 Å². The van der Waals surface area contributed by atoms with Gasteiger partial charge in [-0.05, 0) is 24.5 Å². The van der Waals surface area contributed by atoms with Crippen LogP contribution < -0.4 is 5.32 Å². The molecule has 112 valence electrons. The second kappa shape index (κ2) is 7.21. The summed E-state index contributed by atoms with van der Waals surface area (Å²) in [6.07, 6.45) is 3.33. The molecule has 2 rings (SSSR count). The summed E-state index contributed by atoms with van der Waals surface area (Å²) in [7, 11) is 1.78. The fourth-order valence-corrected chi connectivity index (χ4v) is 2.68. The first-order valence-electron chi connectivity index (χ1n) is 7.64. The van der Waals surface area contributed by atoms with Crippen molar-refractivity contribution in [3.63, 3.8) is 0 Å². The molecule has 1 fully saturated rings. The van der Waals surface area contributed by atoms with Crippen molar-refractivity contribution in [3.05, 3.63) is 35.4 Å². The van der Waals surface area contributed by atoms with Gasteiger partial charge in [0.25, 0.3) is 0 Å². The molecule has 0 aromatic heterocycles. The number of hydrogen-bond acceptors (Lipinski definition) is 3. The van der Waals surface area contributed by atoms with Crippen LogP contribution in [0, 0.1) is 0 Å². The molecule has 0 bridgehead atoms. The predicted octanol–water partition coefficient (Wildman–Crippen LogP) is 3.10. The lowest BCUT2D eigenvalue weighted by Crippen LogP contribution is -2.43. The molecular weight excluding hydrogens is 250 g/mol. The molecule has 1 heterocycles. The largest absolute Gasteiger partial charge is 0.378 e. The minimum atomic E-state index is -0.142. The van der Waals surface area contributed by atoms with E-state index in [4.69, 9.17) is 9.47 Å². The van der Waals surface area contributed by atoms with Gasteiger partial charge in [0.05, 0.1) is 6.61 Å². The van der Waals surface area contributed by atoms with Crippen molar-refractivity contribution >= 4 is 0 Å². The minimum Gasteiger partial charge on any atom is -0.378 e. The van der Waals surface area contributed by atoms with Crippen LogP contribution >= 0.6 is 0 Å². The molecule has 1 aliphatic heterocycles. The summed E-state index contributed by atoms with van der Waals surface area (Å²) < 4.78 is 11.1. The van der Waals surface area contributed by atoms with Gasteiger partial charge in [-0.3, -0.25) is 0 Å². The van der Waals surface area contributed by atoms with Crippen molar-refractivity contribution < 1.29 is 9.47 Å². The zero-order valence-electron chi connectivity index (χ0n) is 12.9. The summed E-state index contributed by atoms with van der Waals surface area (Å²) in [4.78, 5) is 0. The van der Waals surface area contributed by atoms with Crippen molar-refractivity contribution in [2.45, 2.75) is 44.8 Å². The zero-order valence-corrected chi connectivity index (χ0v) is 12.9. The topological polar surface area (TPSA) is 30.5 Å². The van der Waals surface area contributed by atoms with E-state index in [0.29, 0.717) is 12.6 Å². The van der Waals surface area contributed by atoms with E-state index < -0.39 is 0 Å². The van der Waals surface area contributed by atoms with Gasteiger partial charge < -0.3 is 14.8 Å². The number of methoxy groups -OCH3 is 1. The van der Waals surface area contributed by atoms with E-state index in [-0.39, 0.29) is 5.60 Å². The fraction of sp³-hybridized carbons (Fsp3) is 0.647. The van der Waals surface area contributed by atoms with Crippen LogP contribution in [0.25, 0.3) is 0 Å². The Morgan fingerprint density at radius 3 is 2.65 bits per heavy atom. The van der Waals surface area contributed by atoms with E-state index >= 15 is 0 Å². The van der Waals surface area contributed by atoms with E-state index in [9.17, 15) is 0 Å². The smallest absolute Gasteiger partial charge is 0.106 e. The quantitative estimate of drug-likeness (QED) is 0.831. The molecule has 1 aliphatic rings. The van der Waals surface area contributed by atoms with Crippen LogP contribution in [0.4, 0.5) is 0 Å². The highest BCUT2D eigenvalue weighted by Gasteiger charge is 2.34. The van der Waals surface area contributed by atoms with Crippen LogP contribution in [-0.4, -0.2) is 32.5 Å². The molecule has 0 saturated carbocycles. The predicted molar refractivity (Wildman–Crippen MR) is 82.0 cm³/mol. The average molecular weight is 277 g/mol. The van der Waals surface area contributed by atoms with Gasteiger partial charge in [-0.15, -0.1) is 0 Å². The van der Waals surface area contributed by atoms with E-state index in [2.05, 4.69) is 43.4 Å². The standard InChI is InChI=1S/C17H27NO2/c1-4-5-15-6-8-16(9-7-15)14(2)18-12-17(19-3)10-11-20-13-17/h6-9,14,18H,4-5,10-13H2,1-3H3. The van der Waals surface area contributed by atoms with Gasteiger partial charge >= 0.3 is 0 Å². The van der Waals surface area contributed by atoms with Crippen molar-refractivity contribution in [2.75, 3.05) is 26.9 Å².